The molecule has 162 valence electrons. The molecule has 5 rings (SSSR count). The largest absolute Gasteiger partial charge is 0.344 e. The first-order chi connectivity index (χ1) is 14.3. The zero-order valence-electron chi connectivity index (χ0n) is 17.8. The van der Waals surface area contributed by atoms with E-state index in [4.69, 9.17) is 18.9 Å². The van der Waals surface area contributed by atoms with Gasteiger partial charge in [0, 0.05) is 12.8 Å². The molecule has 2 aliphatic heterocycles. The smallest absolute Gasteiger partial charge is 0.181 e. The average Bonchev–Trinajstić information content (AvgIpc) is 3.40. The van der Waals surface area contributed by atoms with Gasteiger partial charge in [-0.2, -0.15) is 0 Å². The van der Waals surface area contributed by atoms with Crippen molar-refractivity contribution in [2.75, 3.05) is 13.2 Å². The monoisotopic (exact) mass is 414 g/mol. The summed E-state index contributed by atoms with van der Waals surface area (Å²) in [6.45, 7) is 5.06. The van der Waals surface area contributed by atoms with E-state index in [9.17, 15) is 9.59 Å². The minimum atomic E-state index is -0.774. The number of hydrogen-bond acceptors (Lipinski definition) is 6. The molecule has 0 radical (unpaired) electrons. The number of ketones is 2. The first-order valence-electron chi connectivity index (χ1n) is 11.0. The number of hydrogen-bond donors (Lipinski definition) is 0. The van der Waals surface area contributed by atoms with Gasteiger partial charge < -0.3 is 18.9 Å². The molecule has 2 saturated carbocycles. The lowest BCUT2D eigenvalue weighted by Gasteiger charge is -2.35. The second kappa shape index (κ2) is 6.95. The zero-order chi connectivity index (χ0) is 21.0. The van der Waals surface area contributed by atoms with Gasteiger partial charge in [-0.05, 0) is 50.7 Å². The van der Waals surface area contributed by atoms with E-state index in [1.165, 1.54) is 0 Å². The number of rotatable bonds is 6. The van der Waals surface area contributed by atoms with Gasteiger partial charge in [0.05, 0.1) is 24.0 Å². The standard InChI is InChI=1S/C24H30O6/c1-21-9-3-11-23(21,29-15-19(21)25)27-13-17-5-7-18(8-6-17)14-28-24-12-4-10-22(24,2)20(26)16-30-24/h5-8H,3-4,9-16H2,1-2H3/t21-,22-,23-,24-/m1/s1. The maximum absolute atomic E-state index is 12.3. The second-order valence-electron chi connectivity index (χ2n) is 9.69. The number of carbonyl (C=O) groups excluding carboxylic acids is 2. The Morgan fingerprint density at radius 2 is 1.13 bits per heavy atom. The maximum atomic E-state index is 12.3. The molecular formula is C24H30O6. The summed E-state index contributed by atoms with van der Waals surface area (Å²) < 4.78 is 24.1. The lowest BCUT2D eigenvalue weighted by Crippen LogP contribution is -2.44. The summed E-state index contributed by atoms with van der Waals surface area (Å²) in [6.07, 6.45) is 5.08. The summed E-state index contributed by atoms with van der Waals surface area (Å²) >= 11 is 0. The fourth-order valence-corrected chi connectivity index (χ4v) is 5.81. The Morgan fingerprint density at radius 1 is 0.733 bits per heavy atom. The van der Waals surface area contributed by atoms with E-state index in [1.54, 1.807) is 0 Å². The van der Waals surface area contributed by atoms with Gasteiger partial charge in [0.2, 0.25) is 0 Å². The fraction of sp³-hybridized carbons (Fsp3) is 0.667. The van der Waals surface area contributed by atoms with Crippen molar-refractivity contribution in [2.45, 2.75) is 77.2 Å². The number of benzene rings is 1. The van der Waals surface area contributed by atoms with Crippen molar-refractivity contribution in [3.05, 3.63) is 35.4 Å². The third kappa shape index (κ3) is 2.77. The predicted molar refractivity (Wildman–Crippen MR) is 107 cm³/mol. The minimum absolute atomic E-state index is 0.151. The van der Waals surface area contributed by atoms with Crippen molar-refractivity contribution in [3.63, 3.8) is 0 Å². The van der Waals surface area contributed by atoms with Crippen molar-refractivity contribution in [3.8, 4) is 0 Å². The fourth-order valence-electron chi connectivity index (χ4n) is 5.81. The molecule has 0 aromatic heterocycles. The number of Topliss-reactive ketones (excluding diaryl/α,β-unsaturated/α-hetero) is 2. The van der Waals surface area contributed by atoms with Crippen LogP contribution in [-0.2, 0) is 41.8 Å². The highest BCUT2D eigenvalue weighted by atomic mass is 16.7. The number of ether oxygens (including phenoxy) is 4. The molecule has 4 atom stereocenters. The molecule has 30 heavy (non-hydrogen) atoms. The Bertz CT molecular complexity index is 794. The summed E-state index contributed by atoms with van der Waals surface area (Å²) in [4.78, 5) is 24.6. The van der Waals surface area contributed by atoms with Gasteiger partial charge in [0.15, 0.2) is 23.1 Å². The third-order valence-corrected chi connectivity index (χ3v) is 8.12. The molecule has 4 aliphatic rings. The Labute approximate surface area is 177 Å². The van der Waals surface area contributed by atoms with Gasteiger partial charge in [-0.15, -0.1) is 0 Å². The molecule has 1 aromatic carbocycles. The first kappa shape index (κ1) is 20.3. The van der Waals surface area contributed by atoms with E-state index in [0.29, 0.717) is 13.2 Å². The highest BCUT2D eigenvalue weighted by Gasteiger charge is 2.63. The van der Waals surface area contributed by atoms with E-state index in [1.807, 2.05) is 38.1 Å². The van der Waals surface area contributed by atoms with Crippen LogP contribution in [0.15, 0.2) is 24.3 Å². The van der Waals surface area contributed by atoms with Crippen molar-refractivity contribution >= 4 is 11.6 Å². The molecule has 0 amide bonds. The van der Waals surface area contributed by atoms with Crippen LogP contribution >= 0.6 is 0 Å². The van der Waals surface area contributed by atoms with Crippen molar-refractivity contribution in [2.24, 2.45) is 10.8 Å². The third-order valence-electron chi connectivity index (χ3n) is 8.12. The highest BCUT2D eigenvalue weighted by molar-refractivity contribution is 5.89. The van der Waals surface area contributed by atoms with E-state index in [-0.39, 0.29) is 24.8 Å². The van der Waals surface area contributed by atoms with E-state index in [2.05, 4.69) is 0 Å². The van der Waals surface area contributed by atoms with Gasteiger partial charge >= 0.3 is 0 Å². The van der Waals surface area contributed by atoms with Crippen LogP contribution in [-0.4, -0.2) is 36.4 Å². The highest BCUT2D eigenvalue weighted by Crippen LogP contribution is 2.55. The second-order valence-corrected chi connectivity index (χ2v) is 9.69. The molecule has 0 N–H and O–H groups in total. The molecule has 0 unspecified atom stereocenters. The molecule has 2 aliphatic carbocycles. The van der Waals surface area contributed by atoms with E-state index in [0.717, 1.165) is 49.7 Å². The van der Waals surface area contributed by atoms with Crippen LogP contribution in [0.4, 0.5) is 0 Å². The summed E-state index contributed by atoms with van der Waals surface area (Å²) in [5.41, 5.74) is 1.02. The Morgan fingerprint density at radius 3 is 1.53 bits per heavy atom. The molecular weight excluding hydrogens is 384 g/mol. The zero-order valence-corrected chi connectivity index (χ0v) is 17.8. The van der Waals surface area contributed by atoms with Gasteiger partial charge in [0.25, 0.3) is 0 Å². The molecule has 0 bridgehead atoms. The molecule has 1 aromatic rings. The van der Waals surface area contributed by atoms with E-state index >= 15 is 0 Å². The lowest BCUT2D eigenvalue weighted by atomic mass is 9.81. The van der Waals surface area contributed by atoms with Gasteiger partial charge in [-0.1, -0.05) is 24.3 Å². The molecule has 6 heteroatoms. The SMILES string of the molecule is C[C@]12CCC[C@@]1(OCc1ccc(CO[C@@]34CCC[C@]3(C)C(=O)CO4)cc1)OCC2=O. The van der Waals surface area contributed by atoms with Crippen molar-refractivity contribution in [1.82, 2.24) is 0 Å². The molecule has 6 nitrogen and oxygen atoms in total. The topological polar surface area (TPSA) is 71.1 Å². The predicted octanol–water partition coefficient (Wildman–Crippen LogP) is 3.69. The van der Waals surface area contributed by atoms with Gasteiger partial charge in [-0.25, -0.2) is 0 Å². The van der Waals surface area contributed by atoms with Crippen LogP contribution in [0.3, 0.4) is 0 Å². The Hall–Kier alpha value is -1.60. The van der Waals surface area contributed by atoms with E-state index < -0.39 is 22.4 Å². The van der Waals surface area contributed by atoms with Gasteiger partial charge in [-0.3, -0.25) is 9.59 Å². The van der Waals surface area contributed by atoms with Gasteiger partial charge in [0.1, 0.15) is 13.2 Å². The summed E-state index contributed by atoms with van der Waals surface area (Å²) in [5, 5.41) is 0. The lowest BCUT2D eigenvalue weighted by molar-refractivity contribution is -0.249. The van der Waals surface area contributed by atoms with Crippen molar-refractivity contribution < 1.29 is 28.5 Å². The van der Waals surface area contributed by atoms with Crippen LogP contribution in [0.25, 0.3) is 0 Å². The summed E-state index contributed by atoms with van der Waals surface area (Å²) in [6, 6.07) is 8.07. The van der Waals surface area contributed by atoms with Crippen LogP contribution in [0, 0.1) is 10.8 Å². The van der Waals surface area contributed by atoms with Crippen LogP contribution in [0.1, 0.15) is 63.5 Å². The summed E-state index contributed by atoms with van der Waals surface area (Å²) in [7, 11) is 0. The van der Waals surface area contributed by atoms with Crippen molar-refractivity contribution in [1.29, 1.82) is 0 Å². The minimum Gasteiger partial charge on any atom is -0.344 e. The average molecular weight is 414 g/mol. The first-order valence-corrected chi connectivity index (χ1v) is 11.0. The number of carbonyl (C=O) groups is 2. The quantitative estimate of drug-likeness (QED) is 0.707. The van der Waals surface area contributed by atoms with Crippen LogP contribution in [0.2, 0.25) is 0 Å². The maximum Gasteiger partial charge on any atom is 0.181 e. The molecule has 2 heterocycles. The normalized spacial score (nSPS) is 40.2. The molecule has 4 fully saturated rings. The number of fused-ring (bicyclic) bond motifs is 2. The molecule has 0 spiro atoms. The molecule has 2 saturated heterocycles. The van der Waals surface area contributed by atoms with Crippen LogP contribution < -0.4 is 0 Å². The Balaban J connectivity index is 1.21. The Kier molecular flexibility index (Phi) is 4.71. The van der Waals surface area contributed by atoms with Crippen LogP contribution in [0.5, 0.6) is 0 Å². The summed E-state index contributed by atoms with van der Waals surface area (Å²) in [5.74, 6) is -1.24.